The quantitative estimate of drug-likeness (QED) is 0.839. The summed E-state index contributed by atoms with van der Waals surface area (Å²) in [6.07, 6.45) is 7.53. The van der Waals surface area contributed by atoms with E-state index >= 15 is 0 Å². The van der Waals surface area contributed by atoms with Gasteiger partial charge in [-0.05, 0) is 58.2 Å². The molecule has 0 bridgehead atoms. The van der Waals surface area contributed by atoms with Crippen molar-refractivity contribution in [1.82, 2.24) is 20.0 Å². The molecule has 1 saturated carbocycles. The predicted octanol–water partition coefficient (Wildman–Crippen LogP) is 2.73. The van der Waals surface area contributed by atoms with Crippen molar-refractivity contribution >= 4 is 0 Å². The number of nitrogens with zero attached hydrogens (tertiary/aromatic N) is 3. The maximum absolute atomic E-state index is 4.55. The number of aryl methyl sites for hydroxylation is 2. The molecule has 21 heavy (non-hydrogen) atoms. The molecular formula is C17H32N4. The third-order valence-corrected chi connectivity index (χ3v) is 4.80. The molecule has 0 amide bonds. The van der Waals surface area contributed by atoms with Gasteiger partial charge in [0.25, 0.3) is 0 Å². The third kappa shape index (κ3) is 4.55. The average molecular weight is 292 g/mol. The van der Waals surface area contributed by atoms with E-state index in [-0.39, 0.29) is 0 Å². The van der Waals surface area contributed by atoms with Gasteiger partial charge in [0, 0.05) is 25.7 Å². The lowest BCUT2D eigenvalue weighted by Gasteiger charge is -2.35. The molecule has 1 N–H and O–H groups in total. The van der Waals surface area contributed by atoms with Crippen LogP contribution in [0.4, 0.5) is 0 Å². The van der Waals surface area contributed by atoms with Crippen molar-refractivity contribution in [2.75, 3.05) is 13.6 Å². The van der Waals surface area contributed by atoms with Gasteiger partial charge in [-0.2, -0.15) is 5.10 Å². The van der Waals surface area contributed by atoms with Gasteiger partial charge in [-0.1, -0.05) is 13.8 Å². The van der Waals surface area contributed by atoms with E-state index in [9.17, 15) is 0 Å². The molecule has 120 valence electrons. The normalized spacial score (nSPS) is 22.9. The minimum absolute atomic E-state index is 0.727. The van der Waals surface area contributed by atoms with E-state index in [1.54, 1.807) is 0 Å². The zero-order valence-corrected chi connectivity index (χ0v) is 14.2. The van der Waals surface area contributed by atoms with Gasteiger partial charge in [0.2, 0.25) is 0 Å². The second-order valence-electron chi connectivity index (χ2n) is 6.48. The van der Waals surface area contributed by atoms with E-state index in [1.807, 2.05) is 4.68 Å². The van der Waals surface area contributed by atoms with Crippen molar-refractivity contribution < 1.29 is 0 Å². The fourth-order valence-corrected chi connectivity index (χ4v) is 3.35. The lowest BCUT2D eigenvalue weighted by molar-refractivity contribution is 0.165. The minimum atomic E-state index is 0.727. The SMILES string of the molecule is CCCNC1CCC(N(C)Cc2cc(CC)nn2C)CC1. The van der Waals surface area contributed by atoms with Gasteiger partial charge in [0.15, 0.2) is 0 Å². The Morgan fingerprint density at radius 2 is 2.00 bits per heavy atom. The van der Waals surface area contributed by atoms with Gasteiger partial charge in [-0.15, -0.1) is 0 Å². The molecule has 1 fully saturated rings. The van der Waals surface area contributed by atoms with Crippen LogP contribution in [0.5, 0.6) is 0 Å². The molecule has 1 aromatic rings. The highest BCUT2D eigenvalue weighted by Crippen LogP contribution is 2.23. The molecule has 1 aromatic heterocycles. The Kier molecular flexibility index (Phi) is 6.24. The van der Waals surface area contributed by atoms with Crippen LogP contribution in [0.1, 0.15) is 57.3 Å². The molecule has 0 aromatic carbocycles. The first-order valence-electron chi connectivity index (χ1n) is 8.59. The van der Waals surface area contributed by atoms with Crippen molar-refractivity contribution in [1.29, 1.82) is 0 Å². The highest BCUT2D eigenvalue weighted by Gasteiger charge is 2.24. The third-order valence-electron chi connectivity index (χ3n) is 4.80. The Labute approximate surface area is 129 Å². The average Bonchev–Trinajstić information content (AvgIpc) is 2.86. The number of aromatic nitrogens is 2. The van der Waals surface area contributed by atoms with Crippen LogP contribution in [0, 0.1) is 0 Å². The lowest BCUT2D eigenvalue weighted by Crippen LogP contribution is -2.41. The number of hydrogen-bond acceptors (Lipinski definition) is 3. The Hall–Kier alpha value is -0.870. The molecular weight excluding hydrogens is 260 g/mol. The molecule has 0 atom stereocenters. The zero-order valence-electron chi connectivity index (χ0n) is 14.2. The van der Waals surface area contributed by atoms with E-state index in [2.05, 4.69) is 49.3 Å². The van der Waals surface area contributed by atoms with Crippen LogP contribution in [-0.4, -0.2) is 40.4 Å². The largest absolute Gasteiger partial charge is 0.314 e. The molecule has 0 aliphatic heterocycles. The van der Waals surface area contributed by atoms with Crippen LogP contribution in [0.25, 0.3) is 0 Å². The lowest BCUT2D eigenvalue weighted by atomic mass is 9.90. The van der Waals surface area contributed by atoms with E-state index < -0.39 is 0 Å². The molecule has 4 heteroatoms. The van der Waals surface area contributed by atoms with Crippen molar-refractivity contribution in [3.63, 3.8) is 0 Å². The first-order chi connectivity index (χ1) is 10.1. The van der Waals surface area contributed by atoms with Crippen molar-refractivity contribution in [3.8, 4) is 0 Å². The Bertz CT molecular complexity index is 418. The topological polar surface area (TPSA) is 33.1 Å². The Morgan fingerprint density at radius 1 is 1.29 bits per heavy atom. The predicted molar refractivity (Wildman–Crippen MR) is 88.4 cm³/mol. The molecule has 0 spiro atoms. The first-order valence-corrected chi connectivity index (χ1v) is 8.59. The number of hydrogen-bond donors (Lipinski definition) is 1. The van der Waals surface area contributed by atoms with Gasteiger partial charge < -0.3 is 5.32 Å². The second kappa shape index (κ2) is 7.95. The summed E-state index contributed by atoms with van der Waals surface area (Å²) in [6.45, 7) is 6.59. The van der Waals surface area contributed by atoms with E-state index in [0.29, 0.717) is 0 Å². The molecule has 0 saturated heterocycles. The highest BCUT2D eigenvalue weighted by atomic mass is 15.3. The Balaban J connectivity index is 1.81. The maximum Gasteiger partial charge on any atom is 0.0625 e. The smallest absolute Gasteiger partial charge is 0.0625 e. The van der Waals surface area contributed by atoms with Gasteiger partial charge in [-0.3, -0.25) is 9.58 Å². The maximum atomic E-state index is 4.55. The summed E-state index contributed by atoms with van der Waals surface area (Å²) in [5.74, 6) is 0. The van der Waals surface area contributed by atoms with Gasteiger partial charge >= 0.3 is 0 Å². The van der Waals surface area contributed by atoms with Gasteiger partial charge in [-0.25, -0.2) is 0 Å². The van der Waals surface area contributed by atoms with Crippen LogP contribution in [0.15, 0.2) is 6.07 Å². The number of nitrogens with one attached hydrogen (secondary N) is 1. The standard InChI is InChI=1S/C17H32N4/c1-5-11-18-15-7-9-16(10-8-15)20(3)13-17-12-14(6-2)19-21(17)4/h12,15-16,18H,5-11,13H2,1-4H3. The van der Waals surface area contributed by atoms with Gasteiger partial charge in [0.05, 0.1) is 11.4 Å². The van der Waals surface area contributed by atoms with E-state index in [4.69, 9.17) is 0 Å². The van der Waals surface area contributed by atoms with Crippen LogP contribution in [0.2, 0.25) is 0 Å². The Morgan fingerprint density at radius 3 is 2.57 bits per heavy atom. The molecule has 0 unspecified atom stereocenters. The summed E-state index contributed by atoms with van der Waals surface area (Å²) < 4.78 is 2.05. The number of rotatable bonds is 7. The molecule has 1 aliphatic rings. The first kappa shape index (κ1) is 16.5. The van der Waals surface area contributed by atoms with Crippen LogP contribution in [-0.2, 0) is 20.0 Å². The molecule has 1 aliphatic carbocycles. The highest BCUT2D eigenvalue weighted by molar-refractivity contribution is 5.10. The zero-order chi connectivity index (χ0) is 15.2. The molecule has 0 radical (unpaired) electrons. The summed E-state index contributed by atoms with van der Waals surface area (Å²) in [4.78, 5) is 2.52. The summed E-state index contributed by atoms with van der Waals surface area (Å²) in [6, 6.07) is 3.73. The van der Waals surface area contributed by atoms with Crippen LogP contribution >= 0.6 is 0 Å². The van der Waals surface area contributed by atoms with E-state index in [0.717, 1.165) is 25.0 Å². The van der Waals surface area contributed by atoms with Crippen molar-refractivity contribution in [2.45, 2.75) is 71.0 Å². The summed E-state index contributed by atoms with van der Waals surface area (Å²) in [5.41, 5.74) is 2.54. The fourth-order valence-electron chi connectivity index (χ4n) is 3.35. The monoisotopic (exact) mass is 292 g/mol. The van der Waals surface area contributed by atoms with E-state index in [1.165, 1.54) is 50.0 Å². The second-order valence-corrected chi connectivity index (χ2v) is 6.48. The van der Waals surface area contributed by atoms with Crippen LogP contribution in [0.3, 0.4) is 0 Å². The molecule has 2 rings (SSSR count). The fraction of sp³-hybridized carbons (Fsp3) is 0.824. The van der Waals surface area contributed by atoms with Gasteiger partial charge in [0.1, 0.15) is 0 Å². The minimum Gasteiger partial charge on any atom is -0.314 e. The molecule has 1 heterocycles. The summed E-state index contributed by atoms with van der Waals surface area (Å²) in [7, 11) is 4.33. The van der Waals surface area contributed by atoms with Crippen molar-refractivity contribution in [2.24, 2.45) is 7.05 Å². The molecule has 4 nitrogen and oxygen atoms in total. The summed E-state index contributed by atoms with van der Waals surface area (Å²) in [5, 5.41) is 8.22. The summed E-state index contributed by atoms with van der Waals surface area (Å²) >= 11 is 0. The van der Waals surface area contributed by atoms with Crippen LogP contribution < -0.4 is 5.32 Å². The van der Waals surface area contributed by atoms with Crippen molar-refractivity contribution in [3.05, 3.63) is 17.5 Å².